The second-order valence-electron chi connectivity index (χ2n) is 6.11. The Morgan fingerprint density at radius 2 is 2.00 bits per heavy atom. The second kappa shape index (κ2) is 2.13. The first-order valence-electron chi connectivity index (χ1n) is 5.60. The van der Waals surface area contributed by atoms with Crippen molar-refractivity contribution in [3.05, 3.63) is 0 Å². The molecule has 0 N–H and O–H groups in total. The molecule has 1 nitrogen and oxygen atoms in total. The molecule has 0 spiro atoms. The van der Waals surface area contributed by atoms with E-state index in [0.717, 1.165) is 24.4 Å². The first kappa shape index (κ1) is 8.28. The maximum Gasteiger partial charge on any atom is 0.0524 e. The molecule has 0 unspecified atom stereocenters. The van der Waals surface area contributed by atoms with Gasteiger partial charge in [0.15, 0.2) is 0 Å². The molecule has 0 aliphatic heterocycles. The number of rotatable bonds is 2. The van der Waals surface area contributed by atoms with Crippen LogP contribution in [0, 0.1) is 28.6 Å². The molecule has 4 aliphatic rings. The van der Waals surface area contributed by atoms with Gasteiger partial charge in [0.1, 0.15) is 0 Å². The summed E-state index contributed by atoms with van der Waals surface area (Å²) in [6.45, 7) is 5.97. The molecule has 0 aromatic rings. The minimum absolute atomic E-state index is 0.630. The summed E-state index contributed by atoms with van der Waals surface area (Å²) in [7, 11) is 1.86. The summed E-state index contributed by atoms with van der Waals surface area (Å²) in [4.78, 5) is 0. The molecule has 2 bridgehead atoms. The van der Waals surface area contributed by atoms with Crippen molar-refractivity contribution < 1.29 is 4.74 Å². The third-order valence-corrected chi connectivity index (χ3v) is 5.43. The standard InChI is InChI=1S/C12H20O/c1-11(2)8-4-9-6-12(9,7-13-3)10(11)5-8/h8-10H,4-7H2,1-3H3/t8-,9+,10+,12+/m0/s1. The fourth-order valence-corrected chi connectivity index (χ4v) is 4.43. The molecule has 0 aromatic carbocycles. The van der Waals surface area contributed by atoms with Crippen molar-refractivity contribution in [1.82, 2.24) is 0 Å². The lowest BCUT2D eigenvalue weighted by molar-refractivity contribution is -0.129. The number of methoxy groups -OCH3 is 1. The van der Waals surface area contributed by atoms with Gasteiger partial charge in [0, 0.05) is 12.5 Å². The lowest BCUT2D eigenvalue weighted by Crippen LogP contribution is -2.54. The number of hydrogen-bond donors (Lipinski definition) is 0. The van der Waals surface area contributed by atoms with E-state index in [1.807, 2.05) is 7.11 Å². The molecule has 0 amide bonds. The van der Waals surface area contributed by atoms with E-state index in [2.05, 4.69) is 13.8 Å². The van der Waals surface area contributed by atoms with Crippen molar-refractivity contribution in [2.75, 3.05) is 13.7 Å². The Balaban J connectivity index is 1.86. The van der Waals surface area contributed by atoms with E-state index in [0.29, 0.717) is 10.8 Å². The van der Waals surface area contributed by atoms with Crippen molar-refractivity contribution in [3.8, 4) is 0 Å². The summed E-state index contributed by atoms with van der Waals surface area (Å²) in [6, 6.07) is 0. The predicted molar refractivity (Wildman–Crippen MR) is 52.4 cm³/mol. The molecule has 13 heavy (non-hydrogen) atoms. The van der Waals surface area contributed by atoms with Crippen LogP contribution in [-0.4, -0.2) is 13.7 Å². The zero-order valence-electron chi connectivity index (χ0n) is 8.97. The lowest BCUT2D eigenvalue weighted by Gasteiger charge is -2.60. The molecule has 0 heterocycles. The highest BCUT2D eigenvalue weighted by Crippen LogP contribution is 2.77. The van der Waals surface area contributed by atoms with Crippen molar-refractivity contribution >= 4 is 0 Å². The SMILES string of the molecule is COC[C@]12C[C@H]1C[C@H]1C[C@@H]2C1(C)C. The van der Waals surface area contributed by atoms with Crippen LogP contribution in [0.15, 0.2) is 0 Å². The Labute approximate surface area is 80.8 Å². The summed E-state index contributed by atoms with van der Waals surface area (Å²) in [5.74, 6) is 3.04. The second-order valence-corrected chi connectivity index (χ2v) is 6.11. The Morgan fingerprint density at radius 3 is 2.62 bits per heavy atom. The minimum Gasteiger partial charge on any atom is -0.384 e. The third kappa shape index (κ3) is 0.782. The van der Waals surface area contributed by atoms with E-state index in [9.17, 15) is 0 Å². The van der Waals surface area contributed by atoms with Gasteiger partial charge in [-0.05, 0) is 42.4 Å². The van der Waals surface area contributed by atoms with Crippen molar-refractivity contribution in [2.45, 2.75) is 33.1 Å². The molecular formula is C12H20O. The van der Waals surface area contributed by atoms with Gasteiger partial charge in [-0.3, -0.25) is 0 Å². The fourth-order valence-electron chi connectivity index (χ4n) is 4.43. The van der Waals surface area contributed by atoms with Crippen molar-refractivity contribution in [3.63, 3.8) is 0 Å². The van der Waals surface area contributed by atoms with Gasteiger partial charge in [-0.25, -0.2) is 0 Å². The summed E-state index contributed by atoms with van der Waals surface area (Å²) in [6.07, 6.45) is 4.45. The van der Waals surface area contributed by atoms with Gasteiger partial charge in [0.2, 0.25) is 0 Å². The van der Waals surface area contributed by atoms with E-state index in [1.165, 1.54) is 19.3 Å². The maximum absolute atomic E-state index is 5.41. The highest BCUT2D eigenvalue weighted by molar-refractivity contribution is 5.20. The Hall–Kier alpha value is -0.0400. The molecule has 4 rings (SSSR count). The summed E-state index contributed by atoms with van der Waals surface area (Å²) >= 11 is 0. The first-order valence-corrected chi connectivity index (χ1v) is 5.60. The van der Waals surface area contributed by atoms with Crippen LogP contribution >= 0.6 is 0 Å². The highest BCUT2D eigenvalue weighted by Gasteiger charge is 2.72. The van der Waals surface area contributed by atoms with Gasteiger partial charge in [0.05, 0.1) is 6.61 Å². The van der Waals surface area contributed by atoms with Crippen LogP contribution < -0.4 is 0 Å². The van der Waals surface area contributed by atoms with Gasteiger partial charge in [-0.2, -0.15) is 0 Å². The molecule has 74 valence electrons. The lowest BCUT2D eigenvalue weighted by atomic mass is 9.45. The highest BCUT2D eigenvalue weighted by atomic mass is 16.5. The Bertz CT molecular complexity index is 246. The normalized spacial score (nSPS) is 55.2. The van der Waals surface area contributed by atoms with E-state index < -0.39 is 0 Å². The molecule has 4 aliphatic carbocycles. The molecule has 0 aromatic heterocycles. The molecule has 0 saturated heterocycles. The third-order valence-electron chi connectivity index (χ3n) is 5.43. The van der Waals surface area contributed by atoms with E-state index in [-0.39, 0.29) is 0 Å². The fraction of sp³-hybridized carbons (Fsp3) is 1.00. The quantitative estimate of drug-likeness (QED) is 0.635. The van der Waals surface area contributed by atoms with Crippen LogP contribution in [0.1, 0.15) is 33.1 Å². The topological polar surface area (TPSA) is 9.23 Å². The summed E-state index contributed by atoms with van der Waals surface area (Å²) < 4.78 is 5.41. The Kier molecular flexibility index (Phi) is 1.36. The van der Waals surface area contributed by atoms with Crippen LogP contribution in [0.25, 0.3) is 0 Å². The molecule has 4 fully saturated rings. The van der Waals surface area contributed by atoms with E-state index in [1.54, 1.807) is 0 Å². The van der Waals surface area contributed by atoms with Crippen molar-refractivity contribution in [2.24, 2.45) is 28.6 Å². The zero-order chi connectivity index (χ0) is 9.27. The molecule has 0 radical (unpaired) electrons. The maximum atomic E-state index is 5.41. The monoisotopic (exact) mass is 180 g/mol. The average Bonchev–Trinajstić information content (AvgIpc) is 2.77. The van der Waals surface area contributed by atoms with Gasteiger partial charge in [-0.15, -0.1) is 0 Å². The van der Waals surface area contributed by atoms with Crippen molar-refractivity contribution in [1.29, 1.82) is 0 Å². The van der Waals surface area contributed by atoms with Crippen LogP contribution in [0.2, 0.25) is 0 Å². The van der Waals surface area contributed by atoms with Gasteiger partial charge in [-0.1, -0.05) is 13.8 Å². The Morgan fingerprint density at radius 1 is 1.23 bits per heavy atom. The predicted octanol–water partition coefficient (Wildman–Crippen LogP) is 2.71. The smallest absolute Gasteiger partial charge is 0.0524 e. The van der Waals surface area contributed by atoms with Gasteiger partial charge < -0.3 is 4.74 Å². The number of hydrogen-bond acceptors (Lipinski definition) is 1. The van der Waals surface area contributed by atoms with E-state index in [4.69, 9.17) is 4.74 Å². The average molecular weight is 180 g/mol. The first-order chi connectivity index (χ1) is 6.11. The number of ether oxygens (including phenoxy) is 1. The molecule has 4 atom stereocenters. The van der Waals surface area contributed by atoms with Crippen LogP contribution in [0.3, 0.4) is 0 Å². The zero-order valence-corrected chi connectivity index (χ0v) is 8.97. The molecule has 4 saturated carbocycles. The minimum atomic E-state index is 0.630. The van der Waals surface area contributed by atoms with Crippen LogP contribution in [-0.2, 0) is 4.74 Å². The van der Waals surface area contributed by atoms with Crippen LogP contribution in [0.5, 0.6) is 0 Å². The van der Waals surface area contributed by atoms with Crippen LogP contribution in [0.4, 0.5) is 0 Å². The molecular weight excluding hydrogens is 160 g/mol. The van der Waals surface area contributed by atoms with Gasteiger partial charge in [0.25, 0.3) is 0 Å². The largest absolute Gasteiger partial charge is 0.384 e. The summed E-state index contributed by atoms with van der Waals surface area (Å²) in [5, 5.41) is 0. The molecule has 1 heteroatoms. The van der Waals surface area contributed by atoms with Gasteiger partial charge >= 0.3 is 0 Å². The van der Waals surface area contributed by atoms with E-state index >= 15 is 0 Å². The summed E-state index contributed by atoms with van der Waals surface area (Å²) in [5.41, 5.74) is 1.26.